The minimum Gasteiger partial charge on any atom is -0.493 e. The zero-order valence-electron chi connectivity index (χ0n) is 12.0. The zero-order chi connectivity index (χ0) is 15.6. The number of methoxy groups -OCH3 is 1. The first-order chi connectivity index (χ1) is 9.99. The molecule has 0 fully saturated rings. The number of nitrogens with zero attached hydrogens (tertiary/aromatic N) is 3. The Morgan fingerprint density at radius 1 is 1.33 bits per heavy atom. The molecule has 0 spiro atoms. The van der Waals surface area contributed by atoms with Gasteiger partial charge in [0.15, 0.2) is 5.75 Å². The van der Waals surface area contributed by atoms with Gasteiger partial charge < -0.3 is 4.74 Å². The quantitative estimate of drug-likeness (QED) is 0.576. The van der Waals surface area contributed by atoms with Crippen molar-refractivity contribution >= 4 is 31.9 Å². The highest BCUT2D eigenvalue weighted by molar-refractivity contribution is 9.11. The molecule has 2 aromatic heterocycles. The van der Waals surface area contributed by atoms with Crippen molar-refractivity contribution in [3.8, 4) is 5.75 Å². The Morgan fingerprint density at radius 2 is 2.05 bits per heavy atom. The molecule has 0 aliphatic rings. The summed E-state index contributed by atoms with van der Waals surface area (Å²) in [6, 6.07) is 1.76. The van der Waals surface area contributed by atoms with E-state index in [1.165, 1.54) is 0 Å². The Bertz CT molecular complexity index is 629. The van der Waals surface area contributed by atoms with Crippen molar-refractivity contribution in [3.05, 3.63) is 38.8 Å². The number of rotatable bonds is 5. The third-order valence-electron chi connectivity index (χ3n) is 3.06. The number of pyridine rings is 1. The maximum absolute atomic E-state index is 5.78. The molecule has 114 valence electrons. The number of nitrogens with two attached hydrogens (primary N) is 1. The van der Waals surface area contributed by atoms with Crippen LogP contribution in [0.4, 0.5) is 0 Å². The molecule has 6 nitrogen and oxygen atoms in total. The van der Waals surface area contributed by atoms with E-state index in [9.17, 15) is 0 Å². The van der Waals surface area contributed by atoms with E-state index in [1.807, 2.05) is 24.6 Å². The van der Waals surface area contributed by atoms with Crippen molar-refractivity contribution in [3.63, 3.8) is 0 Å². The Kier molecular flexibility index (Phi) is 5.37. The number of hydrogen-bond acceptors (Lipinski definition) is 5. The van der Waals surface area contributed by atoms with Gasteiger partial charge in [-0.05, 0) is 51.8 Å². The second-order valence-corrected chi connectivity index (χ2v) is 6.53. The van der Waals surface area contributed by atoms with Gasteiger partial charge in [0.05, 0.1) is 19.0 Å². The van der Waals surface area contributed by atoms with Crippen molar-refractivity contribution < 1.29 is 4.74 Å². The maximum atomic E-state index is 5.78. The summed E-state index contributed by atoms with van der Waals surface area (Å²) in [6.07, 6.45) is 3.42. The second-order valence-electron chi connectivity index (χ2n) is 4.76. The van der Waals surface area contributed by atoms with E-state index in [0.29, 0.717) is 5.75 Å². The van der Waals surface area contributed by atoms with Crippen molar-refractivity contribution in [2.45, 2.75) is 25.9 Å². The molecule has 2 heterocycles. The van der Waals surface area contributed by atoms with Crippen LogP contribution in [-0.4, -0.2) is 21.9 Å². The maximum Gasteiger partial charge on any atom is 0.162 e. The molecule has 2 rings (SSSR count). The number of hydrazine groups is 1. The molecule has 0 aliphatic heterocycles. The summed E-state index contributed by atoms with van der Waals surface area (Å²) in [5, 5.41) is 4.37. The highest BCUT2D eigenvalue weighted by Gasteiger charge is 2.26. The fourth-order valence-electron chi connectivity index (χ4n) is 2.12. The Morgan fingerprint density at radius 3 is 2.57 bits per heavy atom. The van der Waals surface area contributed by atoms with Gasteiger partial charge in [0.25, 0.3) is 0 Å². The molecule has 0 saturated heterocycles. The molecule has 0 amide bonds. The molecule has 0 aromatic carbocycles. The van der Waals surface area contributed by atoms with Crippen LogP contribution < -0.4 is 16.0 Å². The molecule has 3 N–H and O–H groups in total. The summed E-state index contributed by atoms with van der Waals surface area (Å²) in [6.45, 7) is 4.10. The lowest BCUT2D eigenvalue weighted by Crippen LogP contribution is -2.32. The number of aromatic nitrogens is 3. The Balaban J connectivity index is 2.58. The van der Waals surface area contributed by atoms with Crippen LogP contribution in [-0.2, 0) is 0 Å². The van der Waals surface area contributed by atoms with Crippen LogP contribution in [0.2, 0.25) is 0 Å². The van der Waals surface area contributed by atoms with E-state index in [2.05, 4.69) is 47.4 Å². The van der Waals surface area contributed by atoms with E-state index >= 15 is 0 Å². The van der Waals surface area contributed by atoms with Gasteiger partial charge >= 0.3 is 0 Å². The van der Waals surface area contributed by atoms with Gasteiger partial charge in [-0.25, -0.2) is 5.43 Å². The number of ether oxygens (including phenoxy) is 1. The Hall–Kier alpha value is -0.960. The van der Waals surface area contributed by atoms with Crippen molar-refractivity contribution in [2.75, 3.05) is 7.11 Å². The van der Waals surface area contributed by atoms with E-state index in [1.54, 1.807) is 19.5 Å². The summed E-state index contributed by atoms with van der Waals surface area (Å²) < 4.78 is 9.02. The number of hydrogen-bond donors (Lipinski definition) is 2. The third kappa shape index (κ3) is 3.28. The molecule has 0 aliphatic carbocycles. The topological polar surface area (TPSA) is 78.0 Å². The van der Waals surface area contributed by atoms with Crippen LogP contribution in [0.3, 0.4) is 0 Å². The molecule has 1 atom stereocenters. The van der Waals surface area contributed by atoms with E-state index < -0.39 is 0 Å². The molecule has 2 aromatic rings. The van der Waals surface area contributed by atoms with Crippen LogP contribution in [0.25, 0.3) is 0 Å². The van der Waals surface area contributed by atoms with Gasteiger partial charge in [0.1, 0.15) is 11.7 Å². The van der Waals surface area contributed by atoms with E-state index in [-0.39, 0.29) is 12.1 Å². The highest BCUT2D eigenvalue weighted by Crippen LogP contribution is 2.34. The van der Waals surface area contributed by atoms with Gasteiger partial charge in [-0.1, -0.05) is 0 Å². The monoisotopic (exact) mass is 417 g/mol. The summed E-state index contributed by atoms with van der Waals surface area (Å²) in [4.78, 5) is 4.45. The standard InChI is InChI=1S/C13H17Br2N5O/c1-7(2)20-13(10(21-3)6-18-20)12(19-16)11-9(15)4-8(14)5-17-11/h4-7,12,19H,16H2,1-3H3. The third-order valence-corrected chi connectivity index (χ3v) is 4.13. The second kappa shape index (κ2) is 6.87. The van der Waals surface area contributed by atoms with Crippen LogP contribution in [0.1, 0.15) is 37.3 Å². The predicted octanol–water partition coefficient (Wildman–Crippen LogP) is 2.95. The minimum atomic E-state index is -0.340. The Labute approximate surface area is 140 Å². The fraction of sp³-hybridized carbons (Fsp3) is 0.385. The average molecular weight is 419 g/mol. The first-order valence-electron chi connectivity index (χ1n) is 6.38. The molecule has 0 saturated carbocycles. The average Bonchev–Trinajstić information content (AvgIpc) is 2.86. The lowest BCUT2D eigenvalue weighted by Gasteiger charge is -2.21. The molecule has 21 heavy (non-hydrogen) atoms. The molecular formula is C13H17Br2N5O. The van der Waals surface area contributed by atoms with Crippen molar-refractivity contribution in [1.29, 1.82) is 0 Å². The lowest BCUT2D eigenvalue weighted by atomic mass is 10.1. The van der Waals surface area contributed by atoms with Gasteiger partial charge in [0.2, 0.25) is 0 Å². The molecule has 0 radical (unpaired) electrons. The van der Waals surface area contributed by atoms with Gasteiger partial charge in [0, 0.05) is 21.2 Å². The summed E-state index contributed by atoms with van der Waals surface area (Å²) >= 11 is 6.92. The highest BCUT2D eigenvalue weighted by atomic mass is 79.9. The van der Waals surface area contributed by atoms with E-state index in [4.69, 9.17) is 10.6 Å². The van der Waals surface area contributed by atoms with Gasteiger partial charge in [-0.2, -0.15) is 5.10 Å². The number of nitrogens with one attached hydrogen (secondary N) is 1. The van der Waals surface area contributed by atoms with E-state index in [0.717, 1.165) is 20.3 Å². The van der Waals surface area contributed by atoms with Crippen molar-refractivity contribution in [1.82, 2.24) is 20.2 Å². The van der Waals surface area contributed by atoms with Crippen LogP contribution in [0, 0.1) is 0 Å². The van der Waals surface area contributed by atoms with Gasteiger partial charge in [-0.3, -0.25) is 15.5 Å². The normalized spacial score (nSPS) is 12.7. The fourth-order valence-corrected chi connectivity index (χ4v) is 3.34. The molecular weight excluding hydrogens is 402 g/mol. The zero-order valence-corrected chi connectivity index (χ0v) is 15.1. The molecule has 1 unspecified atom stereocenters. The van der Waals surface area contributed by atoms with Crippen LogP contribution in [0.5, 0.6) is 5.75 Å². The largest absolute Gasteiger partial charge is 0.493 e. The lowest BCUT2D eigenvalue weighted by molar-refractivity contribution is 0.393. The smallest absolute Gasteiger partial charge is 0.162 e. The molecule has 0 bridgehead atoms. The van der Waals surface area contributed by atoms with Crippen LogP contribution in [0.15, 0.2) is 27.4 Å². The van der Waals surface area contributed by atoms with Crippen LogP contribution >= 0.6 is 31.9 Å². The summed E-state index contributed by atoms with van der Waals surface area (Å²) in [5.74, 6) is 6.45. The summed E-state index contributed by atoms with van der Waals surface area (Å²) in [5.41, 5.74) is 4.41. The first kappa shape index (κ1) is 16.4. The minimum absolute atomic E-state index is 0.175. The summed E-state index contributed by atoms with van der Waals surface area (Å²) in [7, 11) is 1.61. The predicted molar refractivity (Wildman–Crippen MR) is 88.0 cm³/mol. The van der Waals surface area contributed by atoms with Crippen molar-refractivity contribution in [2.24, 2.45) is 5.84 Å². The van der Waals surface area contributed by atoms with Gasteiger partial charge in [-0.15, -0.1) is 0 Å². The SMILES string of the molecule is COc1cnn(C(C)C)c1C(NN)c1ncc(Br)cc1Br. The first-order valence-corrected chi connectivity index (χ1v) is 7.96. The molecule has 8 heteroatoms. The number of halogens is 2.